The molecule has 1 aromatic rings. The van der Waals surface area contributed by atoms with E-state index in [9.17, 15) is 14.4 Å². The van der Waals surface area contributed by atoms with Crippen LogP contribution in [0.3, 0.4) is 0 Å². The average molecular weight is 399 g/mol. The van der Waals surface area contributed by atoms with Gasteiger partial charge in [0.05, 0.1) is 18.2 Å². The molecule has 2 aliphatic heterocycles. The number of benzene rings is 1. The number of amides is 2. The fraction of sp³-hybridized carbons (Fsp3) is 0.524. The molecule has 0 aromatic heterocycles. The van der Waals surface area contributed by atoms with Crippen molar-refractivity contribution < 1.29 is 23.9 Å². The van der Waals surface area contributed by atoms with Crippen LogP contribution in [0.4, 0.5) is 4.79 Å². The summed E-state index contributed by atoms with van der Waals surface area (Å²) in [7, 11) is 0. The Morgan fingerprint density at radius 3 is 2.38 bits per heavy atom. The maximum absolute atomic E-state index is 12.7. The Morgan fingerprint density at radius 2 is 1.83 bits per heavy atom. The summed E-state index contributed by atoms with van der Waals surface area (Å²) in [6, 6.07) is 8.55. The van der Waals surface area contributed by atoms with E-state index in [4.69, 9.17) is 14.7 Å². The van der Waals surface area contributed by atoms with Crippen LogP contribution in [0.15, 0.2) is 24.3 Å². The van der Waals surface area contributed by atoms with Crippen LogP contribution in [0.25, 0.3) is 0 Å². The molecule has 2 fully saturated rings. The second-order valence-corrected chi connectivity index (χ2v) is 8.47. The first-order valence-electron chi connectivity index (χ1n) is 9.60. The predicted molar refractivity (Wildman–Crippen MR) is 103 cm³/mol. The van der Waals surface area contributed by atoms with E-state index in [2.05, 4.69) is 0 Å². The predicted octanol–water partition coefficient (Wildman–Crippen LogP) is 2.33. The van der Waals surface area contributed by atoms with E-state index in [1.165, 1.54) is 4.90 Å². The number of esters is 1. The molecule has 0 radical (unpaired) electrons. The largest absolute Gasteiger partial charge is 0.459 e. The molecule has 8 nitrogen and oxygen atoms in total. The van der Waals surface area contributed by atoms with Crippen molar-refractivity contribution in [3.05, 3.63) is 35.4 Å². The van der Waals surface area contributed by atoms with Crippen molar-refractivity contribution in [1.82, 2.24) is 9.80 Å². The van der Waals surface area contributed by atoms with Crippen LogP contribution in [0, 0.1) is 11.3 Å². The average Bonchev–Trinajstić information content (AvgIpc) is 2.95. The quantitative estimate of drug-likeness (QED) is 0.723. The molecule has 2 heterocycles. The number of hydrogen-bond acceptors (Lipinski definition) is 6. The van der Waals surface area contributed by atoms with Crippen molar-refractivity contribution in [1.29, 1.82) is 5.26 Å². The van der Waals surface area contributed by atoms with Gasteiger partial charge in [0.1, 0.15) is 17.7 Å². The third kappa shape index (κ3) is 4.86. The first-order valence-corrected chi connectivity index (χ1v) is 9.60. The maximum Gasteiger partial charge on any atom is 0.411 e. The van der Waals surface area contributed by atoms with Crippen LogP contribution in [0.2, 0.25) is 0 Å². The van der Waals surface area contributed by atoms with E-state index >= 15 is 0 Å². The lowest BCUT2D eigenvalue weighted by Crippen LogP contribution is -2.49. The summed E-state index contributed by atoms with van der Waals surface area (Å²) in [6.07, 6.45) is 0.486. The SMILES string of the molecule is CC(C)(C)OC(=O)CN1CC2(CCN(C(=O)c3ccc(C#N)cc3)CC2)OC1=O. The molecule has 0 atom stereocenters. The molecule has 8 heteroatoms. The summed E-state index contributed by atoms with van der Waals surface area (Å²) >= 11 is 0. The zero-order chi connectivity index (χ0) is 21.2. The summed E-state index contributed by atoms with van der Waals surface area (Å²) in [5.74, 6) is -0.584. The number of rotatable bonds is 3. The molecule has 0 saturated carbocycles. The highest BCUT2D eigenvalue weighted by Gasteiger charge is 2.48. The van der Waals surface area contributed by atoms with Gasteiger partial charge >= 0.3 is 12.1 Å². The molecule has 1 aromatic carbocycles. The van der Waals surface area contributed by atoms with Gasteiger partial charge in [-0.15, -0.1) is 0 Å². The van der Waals surface area contributed by atoms with E-state index in [0.717, 1.165) is 0 Å². The minimum Gasteiger partial charge on any atom is -0.459 e. The Morgan fingerprint density at radius 1 is 1.21 bits per heavy atom. The molecule has 29 heavy (non-hydrogen) atoms. The van der Waals surface area contributed by atoms with Crippen LogP contribution < -0.4 is 0 Å². The van der Waals surface area contributed by atoms with Gasteiger partial charge in [-0.3, -0.25) is 14.5 Å². The molecule has 2 saturated heterocycles. The smallest absolute Gasteiger partial charge is 0.411 e. The molecular weight excluding hydrogens is 374 g/mol. The number of likely N-dealkylation sites (tertiary alicyclic amines) is 1. The van der Waals surface area contributed by atoms with Gasteiger partial charge in [-0.1, -0.05) is 0 Å². The van der Waals surface area contributed by atoms with Gasteiger partial charge in [0.2, 0.25) is 0 Å². The van der Waals surface area contributed by atoms with E-state index in [1.807, 2.05) is 6.07 Å². The number of carbonyl (C=O) groups is 3. The molecule has 0 N–H and O–H groups in total. The number of carbonyl (C=O) groups excluding carboxylic acids is 3. The van der Waals surface area contributed by atoms with Gasteiger partial charge in [0.25, 0.3) is 5.91 Å². The van der Waals surface area contributed by atoms with Crippen molar-refractivity contribution in [3.63, 3.8) is 0 Å². The summed E-state index contributed by atoms with van der Waals surface area (Å²) in [6.45, 7) is 6.38. The molecule has 2 amide bonds. The first kappa shape index (κ1) is 20.6. The van der Waals surface area contributed by atoms with E-state index in [0.29, 0.717) is 43.6 Å². The summed E-state index contributed by atoms with van der Waals surface area (Å²) in [5, 5.41) is 8.87. The van der Waals surface area contributed by atoms with Crippen LogP contribution in [-0.2, 0) is 14.3 Å². The lowest BCUT2D eigenvalue weighted by molar-refractivity contribution is -0.155. The summed E-state index contributed by atoms with van der Waals surface area (Å²) in [5.41, 5.74) is -0.271. The Kier molecular flexibility index (Phi) is 5.51. The standard InChI is InChI=1S/C21H25N3O5/c1-20(2,3)28-17(25)13-24-14-21(29-19(24)27)8-10-23(11-9-21)18(26)16-6-4-15(12-22)5-7-16/h4-7H,8-11,13-14H2,1-3H3. The number of nitriles is 1. The molecular formula is C21H25N3O5. The second-order valence-electron chi connectivity index (χ2n) is 8.47. The van der Waals surface area contributed by atoms with Crippen molar-refractivity contribution in [2.75, 3.05) is 26.2 Å². The van der Waals surface area contributed by atoms with Gasteiger partial charge in [-0.05, 0) is 45.0 Å². The van der Waals surface area contributed by atoms with Crippen molar-refractivity contribution >= 4 is 18.0 Å². The summed E-state index contributed by atoms with van der Waals surface area (Å²) < 4.78 is 10.9. The van der Waals surface area contributed by atoms with Crippen molar-refractivity contribution in [2.24, 2.45) is 0 Å². The van der Waals surface area contributed by atoms with Gasteiger partial charge in [-0.2, -0.15) is 5.26 Å². The topological polar surface area (TPSA) is 99.9 Å². The lowest BCUT2D eigenvalue weighted by Gasteiger charge is -2.37. The Labute approximate surface area is 170 Å². The highest BCUT2D eigenvalue weighted by atomic mass is 16.6. The highest BCUT2D eigenvalue weighted by molar-refractivity contribution is 5.94. The monoisotopic (exact) mass is 399 g/mol. The van der Waals surface area contributed by atoms with Crippen molar-refractivity contribution in [2.45, 2.75) is 44.8 Å². The Bertz CT molecular complexity index is 843. The number of nitrogens with zero attached hydrogens (tertiary/aromatic N) is 3. The molecule has 0 bridgehead atoms. The zero-order valence-corrected chi connectivity index (χ0v) is 16.9. The normalized spacial score (nSPS) is 18.3. The maximum atomic E-state index is 12.7. The third-order valence-corrected chi connectivity index (χ3v) is 5.00. The van der Waals surface area contributed by atoms with E-state index < -0.39 is 23.3 Å². The zero-order valence-electron chi connectivity index (χ0n) is 16.9. The molecule has 2 aliphatic rings. The minimum atomic E-state index is -0.680. The number of piperidine rings is 1. The van der Waals surface area contributed by atoms with Crippen LogP contribution in [-0.4, -0.2) is 65.2 Å². The van der Waals surface area contributed by atoms with E-state index in [-0.39, 0.29) is 12.5 Å². The minimum absolute atomic E-state index is 0.112. The molecule has 154 valence electrons. The van der Waals surface area contributed by atoms with Crippen LogP contribution >= 0.6 is 0 Å². The third-order valence-electron chi connectivity index (χ3n) is 5.00. The van der Waals surface area contributed by atoms with Gasteiger partial charge in [-0.25, -0.2) is 4.79 Å². The van der Waals surface area contributed by atoms with Gasteiger partial charge in [0, 0.05) is 31.5 Å². The number of hydrogen-bond donors (Lipinski definition) is 0. The van der Waals surface area contributed by atoms with Crippen LogP contribution in [0.1, 0.15) is 49.5 Å². The lowest BCUT2D eigenvalue weighted by atomic mass is 9.91. The first-order chi connectivity index (χ1) is 13.6. The van der Waals surface area contributed by atoms with Gasteiger partial charge in [0.15, 0.2) is 0 Å². The van der Waals surface area contributed by atoms with Gasteiger partial charge < -0.3 is 14.4 Å². The molecule has 0 aliphatic carbocycles. The summed E-state index contributed by atoms with van der Waals surface area (Å²) in [4.78, 5) is 40.0. The van der Waals surface area contributed by atoms with E-state index in [1.54, 1.807) is 49.9 Å². The molecule has 0 unspecified atom stereocenters. The fourth-order valence-corrected chi connectivity index (χ4v) is 3.59. The fourth-order valence-electron chi connectivity index (χ4n) is 3.59. The van der Waals surface area contributed by atoms with Crippen molar-refractivity contribution in [3.8, 4) is 6.07 Å². The number of ether oxygens (including phenoxy) is 2. The Hall–Kier alpha value is -3.08. The molecule has 3 rings (SSSR count). The highest BCUT2D eigenvalue weighted by Crippen LogP contribution is 2.33. The Balaban J connectivity index is 1.57. The second kappa shape index (κ2) is 7.74. The molecule has 1 spiro atoms. The van der Waals surface area contributed by atoms with Crippen LogP contribution in [0.5, 0.6) is 0 Å².